The lowest BCUT2D eigenvalue weighted by Gasteiger charge is -2.22. The molecule has 2 aromatic heterocycles. The van der Waals surface area contributed by atoms with E-state index in [1.165, 1.54) is 0 Å². The zero-order valence-corrected chi connectivity index (χ0v) is 13.8. The molecule has 0 saturated carbocycles. The number of hydrogen-bond acceptors (Lipinski definition) is 4. The van der Waals surface area contributed by atoms with E-state index in [1.807, 2.05) is 41.8 Å². The number of rotatable bonds is 5. The minimum Gasteiger partial charge on any atom is -0.376 e. The van der Waals surface area contributed by atoms with Gasteiger partial charge in [-0.2, -0.15) is 5.10 Å². The summed E-state index contributed by atoms with van der Waals surface area (Å²) in [4.78, 5) is 13.1. The molecule has 3 heterocycles. The van der Waals surface area contributed by atoms with Gasteiger partial charge in [0.25, 0.3) is 0 Å². The molecule has 0 aliphatic carbocycles. The number of aromatic nitrogens is 2. The van der Waals surface area contributed by atoms with Crippen molar-refractivity contribution in [2.45, 2.75) is 18.9 Å². The predicted molar refractivity (Wildman–Crippen MR) is 94.0 cm³/mol. The molecule has 0 spiro atoms. The zero-order valence-electron chi connectivity index (χ0n) is 13.0. The monoisotopic (exact) mass is 339 g/mol. The van der Waals surface area contributed by atoms with E-state index in [4.69, 9.17) is 4.74 Å². The van der Waals surface area contributed by atoms with Crippen LogP contribution in [0.15, 0.2) is 47.8 Å². The molecule has 122 valence electrons. The Kier molecular flexibility index (Phi) is 4.15. The molecule has 6 heteroatoms. The third-order valence-electron chi connectivity index (χ3n) is 4.10. The normalized spacial score (nSPS) is 16.7. The van der Waals surface area contributed by atoms with Crippen LogP contribution in [-0.2, 0) is 16.1 Å². The molecule has 1 aliphatic rings. The molecule has 0 bridgehead atoms. The number of H-pyrrole nitrogens is 1. The number of carbonyl (C=O) groups excluding carboxylic acids is 1. The van der Waals surface area contributed by atoms with Gasteiger partial charge in [-0.05, 0) is 17.0 Å². The van der Waals surface area contributed by atoms with E-state index in [0.29, 0.717) is 25.5 Å². The SMILES string of the molecule is O=C1C[C@H](COCc2ccccc2)c2c(n[nH]c2-c2cccs2)N1. The highest BCUT2D eigenvalue weighted by atomic mass is 32.1. The van der Waals surface area contributed by atoms with Gasteiger partial charge >= 0.3 is 0 Å². The summed E-state index contributed by atoms with van der Waals surface area (Å²) >= 11 is 1.65. The molecule has 0 fully saturated rings. The lowest BCUT2D eigenvalue weighted by molar-refractivity contribution is -0.117. The van der Waals surface area contributed by atoms with Crippen molar-refractivity contribution in [1.29, 1.82) is 0 Å². The van der Waals surface area contributed by atoms with Crippen LogP contribution in [0.2, 0.25) is 0 Å². The van der Waals surface area contributed by atoms with Crippen LogP contribution in [0.1, 0.15) is 23.5 Å². The first kappa shape index (κ1) is 15.1. The second kappa shape index (κ2) is 6.59. The number of aromatic amines is 1. The lowest BCUT2D eigenvalue weighted by Crippen LogP contribution is -2.25. The first-order chi connectivity index (χ1) is 11.8. The maximum Gasteiger partial charge on any atom is 0.226 e. The summed E-state index contributed by atoms with van der Waals surface area (Å²) in [6, 6.07) is 14.1. The summed E-state index contributed by atoms with van der Waals surface area (Å²) in [6.07, 6.45) is 0.416. The van der Waals surface area contributed by atoms with Crippen molar-refractivity contribution in [1.82, 2.24) is 10.2 Å². The Hall–Kier alpha value is -2.44. The molecule has 3 aromatic rings. The van der Waals surface area contributed by atoms with E-state index < -0.39 is 0 Å². The summed E-state index contributed by atoms with van der Waals surface area (Å²) in [5.41, 5.74) is 3.15. The van der Waals surface area contributed by atoms with Crippen molar-refractivity contribution in [2.24, 2.45) is 0 Å². The number of fused-ring (bicyclic) bond motifs is 1. The van der Waals surface area contributed by atoms with Gasteiger partial charge in [0.15, 0.2) is 5.82 Å². The van der Waals surface area contributed by atoms with E-state index in [2.05, 4.69) is 21.6 Å². The van der Waals surface area contributed by atoms with Crippen molar-refractivity contribution < 1.29 is 9.53 Å². The van der Waals surface area contributed by atoms with Crippen molar-refractivity contribution in [3.05, 3.63) is 59.0 Å². The molecule has 1 atom stereocenters. The zero-order chi connectivity index (χ0) is 16.4. The average Bonchev–Trinajstić information content (AvgIpc) is 3.24. The highest BCUT2D eigenvalue weighted by Crippen LogP contribution is 2.39. The number of benzene rings is 1. The minimum atomic E-state index is -0.0139. The van der Waals surface area contributed by atoms with Gasteiger partial charge in [-0.1, -0.05) is 36.4 Å². The lowest BCUT2D eigenvalue weighted by atomic mass is 9.92. The predicted octanol–water partition coefficient (Wildman–Crippen LogP) is 3.78. The van der Waals surface area contributed by atoms with Gasteiger partial charge in [0, 0.05) is 17.9 Å². The summed E-state index contributed by atoms with van der Waals surface area (Å²) in [7, 11) is 0. The summed E-state index contributed by atoms with van der Waals surface area (Å²) in [5.74, 6) is 0.622. The number of ether oxygens (including phenoxy) is 1. The van der Waals surface area contributed by atoms with Crippen LogP contribution in [0.3, 0.4) is 0 Å². The second-order valence-corrected chi connectivity index (χ2v) is 6.74. The van der Waals surface area contributed by atoms with E-state index in [1.54, 1.807) is 11.3 Å². The fraction of sp³-hybridized carbons (Fsp3) is 0.222. The molecule has 2 N–H and O–H groups in total. The smallest absolute Gasteiger partial charge is 0.226 e. The van der Waals surface area contributed by atoms with E-state index in [-0.39, 0.29) is 11.8 Å². The Morgan fingerprint density at radius 3 is 2.88 bits per heavy atom. The molecular weight excluding hydrogens is 322 g/mol. The van der Waals surface area contributed by atoms with E-state index >= 15 is 0 Å². The number of carbonyl (C=O) groups is 1. The fourth-order valence-corrected chi connectivity index (χ4v) is 3.73. The minimum absolute atomic E-state index is 0.00770. The van der Waals surface area contributed by atoms with Crippen LogP contribution in [0.25, 0.3) is 10.6 Å². The maximum atomic E-state index is 11.9. The van der Waals surface area contributed by atoms with Crippen molar-refractivity contribution in [3.8, 4) is 10.6 Å². The largest absolute Gasteiger partial charge is 0.376 e. The van der Waals surface area contributed by atoms with Gasteiger partial charge in [0.2, 0.25) is 5.91 Å². The van der Waals surface area contributed by atoms with Gasteiger partial charge in [0.05, 0.1) is 23.8 Å². The van der Waals surface area contributed by atoms with Gasteiger partial charge in [-0.3, -0.25) is 9.89 Å². The molecule has 4 rings (SSSR count). The molecule has 0 unspecified atom stereocenters. The van der Waals surface area contributed by atoms with Crippen LogP contribution in [-0.4, -0.2) is 22.7 Å². The van der Waals surface area contributed by atoms with Gasteiger partial charge < -0.3 is 10.1 Å². The first-order valence-corrected chi connectivity index (χ1v) is 8.73. The summed E-state index contributed by atoms with van der Waals surface area (Å²) in [5, 5.41) is 12.2. The van der Waals surface area contributed by atoms with Gasteiger partial charge in [-0.25, -0.2) is 0 Å². The molecule has 1 amide bonds. The Morgan fingerprint density at radius 1 is 1.21 bits per heavy atom. The van der Waals surface area contributed by atoms with Crippen molar-refractivity contribution in [2.75, 3.05) is 11.9 Å². The number of anilines is 1. The molecule has 0 radical (unpaired) electrons. The molecule has 1 aromatic carbocycles. The second-order valence-electron chi connectivity index (χ2n) is 5.79. The average molecular weight is 339 g/mol. The molecular formula is C18H17N3O2S. The van der Waals surface area contributed by atoms with Gasteiger partial charge in [0.1, 0.15) is 0 Å². The Bertz CT molecular complexity index is 827. The van der Waals surface area contributed by atoms with Crippen molar-refractivity contribution in [3.63, 3.8) is 0 Å². The molecule has 0 saturated heterocycles. The Balaban J connectivity index is 1.54. The summed E-state index contributed by atoms with van der Waals surface area (Å²) < 4.78 is 5.89. The molecule has 5 nitrogen and oxygen atoms in total. The number of nitrogens with zero attached hydrogens (tertiary/aromatic N) is 1. The van der Waals surface area contributed by atoms with Crippen LogP contribution in [0, 0.1) is 0 Å². The third kappa shape index (κ3) is 2.98. The van der Waals surface area contributed by atoms with Crippen LogP contribution < -0.4 is 5.32 Å². The Labute approximate surface area is 143 Å². The Morgan fingerprint density at radius 2 is 2.08 bits per heavy atom. The first-order valence-electron chi connectivity index (χ1n) is 7.85. The van der Waals surface area contributed by atoms with E-state index in [9.17, 15) is 4.79 Å². The molecule has 1 aliphatic heterocycles. The highest BCUT2D eigenvalue weighted by molar-refractivity contribution is 7.13. The number of nitrogens with one attached hydrogen (secondary N) is 2. The number of hydrogen-bond donors (Lipinski definition) is 2. The maximum absolute atomic E-state index is 11.9. The van der Waals surface area contributed by atoms with Crippen LogP contribution >= 0.6 is 11.3 Å². The summed E-state index contributed by atoms with van der Waals surface area (Å²) in [6.45, 7) is 1.04. The number of thiophene rings is 1. The van der Waals surface area contributed by atoms with Gasteiger partial charge in [-0.15, -0.1) is 11.3 Å². The molecule has 24 heavy (non-hydrogen) atoms. The van der Waals surface area contributed by atoms with Crippen molar-refractivity contribution >= 4 is 23.1 Å². The quantitative estimate of drug-likeness (QED) is 0.743. The van der Waals surface area contributed by atoms with E-state index in [0.717, 1.165) is 21.7 Å². The van der Waals surface area contributed by atoms with Crippen LogP contribution in [0.4, 0.5) is 5.82 Å². The topological polar surface area (TPSA) is 67.0 Å². The van der Waals surface area contributed by atoms with Crippen LogP contribution in [0.5, 0.6) is 0 Å². The third-order valence-corrected chi connectivity index (χ3v) is 4.99. The highest BCUT2D eigenvalue weighted by Gasteiger charge is 2.31. The number of amides is 1. The standard InChI is InChI=1S/C18H17N3O2S/c22-15-9-13(11-23-10-12-5-2-1-3-6-12)16-17(14-7-4-8-24-14)20-21-18(16)19-15/h1-8,13H,9-11H2,(H2,19,20,21,22)/t13-/m1/s1. The fourth-order valence-electron chi connectivity index (χ4n) is 3.00.